The Balaban J connectivity index is 1.58. The Morgan fingerprint density at radius 2 is 0.965 bits per heavy atom. The minimum atomic E-state index is -4.40. The molecule has 2 rings (SSSR count). The van der Waals surface area contributed by atoms with Gasteiger partial charge in [-0.3, -0.25) is 18.6 Å². The molecule has 0 fully saturated rings. The molecule has 57 heavy (non-hydrogen) atoms. The first-order valence-electron chi connectivity index (χ1n) is 22.2. The second kappa shape index (κ2) is 29.7. The molecular weight excluding hydrogens is 745 g/mol. The van der Waals surface area contributed by atoms with Crippen LogP contribution in [0.25, 0.3) is 0 Å². The van der Waals surface area contributed by atoms with Crippen LogP contribution >= 0.6 is 7.82 Å². The number of rotatable bonds is 35. The highest BCUT2D eigenvalue weighted by Crippen LogP contribution is 2.43. The molecule has 0 bridgehead atoms. The van der Waals surface area contributed by atoms with E-state index in [0.29, 0.717) is 12.8 Å². The molecule has 2 aromatic rings. The summed E-state index contributed by atoms with van der Waals surface area (Å²) >= 11 is 0. The van der Waals surface area contributed by atoms with Crippen molar-refractivity contribution in [2.24, 2.45) is 5.73 Å². The Bertz CT molecular complexity index is 1450. The summed E-state index contributed by atoms with van der Waals surface area (Å²) in [5, 5.41) is 0. The molecule has 0 aliphatic carbocycles. The maximum absolute atomic E-state index is 12.7. The molecule has 0 aliphatic rings. The van der Waals surface area contributed by atoms with Crippen molar-refractivity contribution in [3.05, 3.63) is 45.3 Å². The standard InChI is InChI=1S/C45H78NO10P/c1-7-25-40-35(3)37(5)42(55-40)27-21-17-13-9-11-15-19-23-29-44(47)51-33-39(34-53-57(49,50)52-32-31-46)54-45(48)30-24-20-16-12-10-14-18-22-28-43-38(6)36(4)41(56-43)26-8-2/h39H,7-34,46H2,1-6H3,(H,49,50)/t39-/m1/s1. The van der Waals surface area contributed by atoms with Gasteiger partial charge >= 0.3 is 19.8 Å². The van der Waals surface area contributed by atoms with Crippen LogP contribution in [-0.4, -0.2) is 49.3 Å². The molecule has 1 unspecified atom stereocenters. The lowest BCUT2D eigenvalue weighted by Crippen LogP contribution is -2.29. The third-order valence-corrected chi connectivity index (χ3v) is 11.8. The lowest BCUT2D eigenvalue weighted by molar-refractivity contribution is -0.161. The van der Waals surface area contributed by atoms with Crippen LogP contribution in [0.5, 0.6) is 0 Å². The van der Waals surface area contributed by atoms with Crippen molar-refractivity contribution in [1.29, 1.82) is 0 Å². The largest absolute Gasteiger partial charge is 0.472 e. The summed E-state index contributed by atoms with van der Waals surface area (Å²) in [7, 11) is -4.40. The summed E-state index contributed by atoms with van der Waals surface area (Å²) < 4.78 is 45.1. The number of phosphoric acid groups is 1. The third-order valence-electron chi connectivity index (χ3n) is 10.8. The van der Waals surface area contributed by atoms with E-state index in [4.69, 9.17) is 33.1 Å². The fourth-order valence-electron chi connectivity index (χ4n) is 7.08. The normalized spacial score (nSPS) is 13.2. The van der Waals surface area contributed by atoms with Gasteiger partial charge in [0.25, 0.3) is 0 Å². The van der Waals surface area contributed by atoms with Gasteiger partial charge in [0.2, 0.25) is 0 Å². The average molecular weight is 824 g/mol. The molecule has 0 saturated heterocycles. The number of carbonyl (C=O) groups excluding carboxylic acids is 2. The van der Waals surface area contributed by atoms with E-state index in [9.17, 15) is 19.0 Å². The predicted molar refractivity (Wildman–Crippen MR) is 226 cm³/mol. The van der Waals surface area contributed by atoms with Gasteiger partial charge in [-0.05, 0) is 88.5 Å². The van der Waals surface area contributed by atoms with Gasteiger partial charge in [-0.15, -0.1) is 0 Å². The summed E-state index contributed by atoms with van der Waals surface area (Å²) in [4.78, 5) is 35.1. The van der Waals surface area contributed by atoms with Gasteiger partial charge in [0.05, 0.1) is 13.2 Å². The summed E-state index contributed by atoms with van der Waals surface area (Å²) in [5.74, 6) is 3.71. The minimum absolute atomic E-state index is 0.0426. The summed E-state index contributed by atoms with van der Waals surface area (Å²) in [6.45, 7) is 12.2. The topological polar surface area (TPSA) is 161 Å². The average Bonchev–Trinajstić information content (AvgIpc) is 3.61. The van der Waals surface area contributed by atoms with Crippen LogP contribution in [0.4, 0.5) is 0 Å². The molecule has 12 heteroatoms. The molecule has 0 radical (unpaired) electrons. The van der Waals surface area contributed by atoms with Crippen molar-refractivity contribution in [2.75, 3.05) is 26.4 Å². The van der Waals surface area contributed by atoms with Crippen LogP contribution in [0.3, 0.4) is 0 Å². The number of hydrogen-bond acceptors (Lipinski definition) is 10. The maximum Gasteiger partial charge on any atom is 0.472 e. The highest BCUT2D eigenvalue weighted by molar-refractivity contribution is 7.47. The molecule has 0 aliphatic heterocycles. The van der Waals surface area contributed by atoms with Gasteiger partial charge < -0.3 is 28.9 Å². The Morgan fingerprint density at radius 3 is 1.39 bits per heavy atom. The molecule has 11 nitrogen and oxygen atoms in total. The van der Waals surface area contributed by atoms with Crippen LogP contribution < -0.4 is 5.73 Å². The highest BCUT2D eigenvalue weighted by atomic mass is 31.2. The molecule has 2 aromatic heterocycles. The number of furan rings is 2. The number of ether oxygens (including phenoxy) is 2. The Hall–Kier alpha value is -2.43. The van der Waals surface area contributed by atoms with E-state index < -0.39 is 32.5 Å². The van der Waals surface area contributed by atoms with Crippen molar-refractivity contribution in [2.45, 2.75) is 202 Å². The van der Waals surface area contributed by atoms with Crippen LogP contribution in [0, 0.1) is 27.7 Å². The summed E-state index contributed by atoms with van der Waals surface area (Å²) in [6, 6.07) is 0. The molecule has 2 atom stereocenters. The van der Waals surface area contributed by atoms with E-state index in [1.165, 1.54) is 54.4 Å². The Labute approximate surface area is 344 Å². The zero-order chi connectivity index (χ0) is 41.9. The van der Waals surface area contributed by atoms with Crippen molar-refractivity contribution in [1.82, 2.24) is 0 Å². The molecule has 328 valence electrons. The van der Waals surface area contributed by atoms with Gasteiger partial charge in [0, 0.05) is 45.1 Å². The zero-order valence-electron chi connectivity index (χ0n) is 36.5. The lowest BCUT2D eigenvalue weighted by atomic mass is 10.0. The van der Waals surface area contributed by atoms with Gasteiger partial charge in [0.1, 0.15) is 29.6 Å². The molecule has 0 saturated carbocycles. The molecule has 2 heterocycles. The van der Waals surface area contributed by atoms with E-state index in [0.717, 1.165) is 119 Å². The summed E-state index contributed by atoms with van der Waals surface area (Å²) in [5.41, 5.74) is 10.6. The highest BCUT2D eigenvalue weighted by Gasteiger charge is 2.26. The van der Waals surface area contributed by atoms with Gasteiger partial charge in [0.15, 0.2) is 6.10 Å². The number of carbonyl (C=O) groups is 2. The molecule has 0 aromatic carbocycles. The molecule has 0 spiro atoms. The number of hydrogen-bond donors (Lipinski definition) is 2. The fraction of sp³-hybridized carbons (Fsp3) is 0.778. The van der Waals surface area contributed by atoms with Crippen LogP contribution in [0.1, 0.15) is 188 Å². The zero-order valence-corrected chi connectivity index (χ0v) is 37.4. The Morgan fingerprint density at radius 1 is 0.579 bits per heavy atom. The lowest BCUT2D eigenvalue weighted by Gasteiger charge is -2.19. The summed E-state index contributed by atoms with van der Waals surface area (Å²) in [6.07, 6.45) is 22.5. The minimum Gasteiger partial charge on any atom is -0.466 e. The quantitative estimate of drug-likeness (QED) is 0.0387. The second-order valence-electron chi connectivity index (χ2n) is 15.7. The van der Waals surface area contributed by atoms with Crippen LogP contribution in [-0.2, 0) is 58.4 Å². The third kappa shape index (κ3) is 21.4. The number of nitrogens with two attached hydrogens (primary N) is 1. The van der Waals surface area contributed by atoms with Crippen LogP contribution in [0.15, 0.2) is 8.83 Å². The molecule has 0 amide bonds. The van der Waals surface area contributed by atoms with E-state index in [1.807, 2.05) is 0 Å². The van der Waals surface area contributed by atoms with Gasteiger partial charge in [-0.2, -0.15) is 0 Å². The van der Waals surface area contributed by atoms with Crippen molar-refractivity contribution >= 4 is 19.8 Å². The first kappa shape index (κ1) is 50.7. The number of aryl methyl sites for hydroxylation is 4. The molecular formula is C45H78NO10P. The molecule has 3 N–H and O–H groups in total. The smallest absolute Gasteiger partial charge is 0.466 e. The van der Waals surface area contributed by atoms with Crippen molar-refractivity contribution in [3.8, 4) is 0 Å². The van der Waals surface area contributed by atoms with Crippen LogP contribution in [0.2, 0.25) is 0 Å². The monoisotopic (exact) mass is 824 g/mol. The van der Waals surface area contributed by atoms with E-state index in [1.54, 1.807) is 0 Å². The second-order valence-corrected chi connectivity index (χ2v) is 17.2. The Kier molecular flexibility index (Phi) is 26.4. The van der Waals surface area contributed by atoms with Gasteiger partial charge in [-0.25, -0.2) is 4.57 Å². The van der Waals surface area contributed by atoms with E-state index in [-0.39, 0.29) is 32.6 Å². The first-order chi connectivity index (χ1) is 27.4. The first-order valence-corrected chi connectivity index (χ1v) is 23.7. The van der Waals surface area contributed by atoms with E-state index >= 15 is 0 Å². The van der Waals surface area contributed by atoms with Crippen molar-refractivity contribution in [3.63, 3.8) is 0 Å². The van der Waals surface area contributed by atoms with Crippen molar-refractivity contribution < 1.29 is 46.4 Å². The van der Waals surface area contributed by atoms with Gasteiger partial charge in [-0.1, -0.05) is 90.9 Å². The predicted octanol–water partition coefficient (Wildman–Crippen LogP) is 11.4. The fourth-order valence-corrected chi connectivity index (χ4v) is 7.85. The SMILES string of the molecule is CCCc1oc(CCCCCCCCCCC(=O)OC[C@H](COP(=O)(O)OCCN)OC(=O)CCCCCCCCCCc2oc(CCC)c(C)c2C)c(C)c1C. The maximum atomic E-state index is 12.7. The number of unbranched alkanes of at least 4 members (excludes halogenated alkanes) is 14. The number of phosphoric ester groups is 1. The number of esters is 2. The van der Waals surface area contributed by atoms with E-state index in [2.05, 4.69) is 41.5 Å².